The molecule has 2 aromatic heterocycles. The van der Waals surface area contributed by atoms with Crippen molar-refractivity contribution in [3.05, 3.63) is 40.4 Å². The third-order valence-corrected chi connectivity index (χ3v) is 10.0. The number of carbonyl (C=O) groups is 1. The Labute approximate surface area is 239 Å². The number of aryl methyl sites for hydroxylation is 1. The van der Waals surface area contributed by atoms with Gasteiger partial charge in [-0.25, -0.2) is 22.9 Å². The zero-order chi connectivity index (χ0) is 29.1. The lowest BCUT2D eigenvalue weighted by atomic mass is 10.1. The molecule has 3 fully saturated rings. The molecule has 220 valence electrons. The van der Waals surface area contributed by atoms with E-state index in [2.05, 4.69) is 14.8 Å². The van der Waals surface area contributed by atoms with Crippen LogP contribution in [-0.4, -0.2) is 87.9 Å². The number of carbonyl (C=O) groups excluding carboxylic acids is 1. The van der Waals surface area contributed by atoms with Gasteiger partial charge in [-0.15, -0.1) is 0 Å². The summed E-state index contributed by atoms with van der Waals surface area (Å²) in [5, 5.41) is 4.33. The minimum absolute atomic E-state index is 0.00736. The number of hydrogen-bond acceptors (Lipinski definition) is 8. The smallest absolute Gasteiger partial charge is 0.320 e. The highest BCUT2D eigenvalue weighted by Gasteiger charge is 2.42. The summed E-state index contributed by atoms with van der Waals surface area (Å²) >= 11 is 0. The Morgan fingerprint density at radius 2 is 1.90 bits per heavy atom. The molecule has 0 spiro atoms. The number of anilines is 2. The Kier molecular flexibility index (Phi) is 6.72. The number of nitrogen functional groups attached to an aromatic ring is 1. The van der Waals surface area contributed by atoms with Crippen molar-refractivity contribution in [3.63, 3.8) is 0 Å². The summed E-state index contributed by atoms with van der Waals surface area (Å²) in [5.41, 5.74) is 7.05. The van der Waals surface area contributed by atoms with Crippen LogP contribution < -0.4 is 20.9 Å². The molecule has 2 saturated heterocycles. The molecule has 41 heavy (non-hydrogen) atoms. The Morgan fingerprint density at radius 1 is 1.17 bits per heavy atom. The first-order chi connectivity index (χ1) is 19.4. The topological polar surface area (TPSA) is 152 Å². The SMILES string of the molecule is C[C@@H]1CN(c2cc(S(=O)(=O)NC3(C)CC3)cc3c(=O)n(Cc4cnn(C)c4)c(N)nc23)CCN1C(=O)N1CCCC1. The zero-order valence-electron chi connectivity index (χ0n) is 23.7. The molecule has 13 nitrogen and oxygen atoms in total. The maximum absolute atomic E-state index is 13.8. The molecule has 0 bridgehead atoms. The Hall–Kier alpha value is -3.65. The average molecular weight is 584 g/mol. The van der Waals surface area contributed by atoms with Crippen molar-refractivity contribution in [1.82, 2.24) is 33.9 Å². The molecular formula is C27H37N9O4S. The predicted octanol–water partition coefficient (Wildman–Crippen LogP) is 1.32. The molecule has 3 N–H and O–H groups in total. The normalized spacial score (nSPS) is 20.7. The van der Waals surface area contributed by atoms with E-state index in [0.29, 0.717) is 30.8 Å². The van der Waals surface area contributed by atoms with Crippen LogP contribution in [-0.2, 0) is 23.6 Å². The van der Waals surface area contributed by atoms with Crippen LogP contribution in [0.15, 0.2) is 34.2 Å². The van der Waals surface area contributed by atoms with Crippen molar-refractivity contribution in [2.45, 2.75) is 62.6 Å². The van der Waals surface area contributed by atoms with E-state index in [4.69, 9.17) is 5.73 Å². The molecule has 1 aromatic carbocycles. The van der Waals surface area contributed by atoms with Crippen molar-refractivity contribution >= 4 is 38.6 Å². The second-order valence-corrected chi connectivity index (χ2v) is 13.5. The molecule has 1 saturated carbocycles. The van der Waals surface area contributed by atoms with Gasteiger partial charge in [0.2, 0.25) is 16.0 Å². The standard InChI is InChI=1S/C27H37N9O4S/c1-18-15-34(10-11-35(18)26(38)33-8-4-5-9-33)22-13-20(41(39,40)31-27(2)6-7-27)12-21-23(22)30-25(28)36(24(21)37)17-19-14-29-32(3)16-19/h12-14,16,18,31H,4-11,15,17H2,1-3H3,(H2,28,30)/t18-/m1/s1. The van der Waals surface area contributed by atoms with E-state index in [1.54, 1.807) is 30.2 Å². The lowest BCUT2D eigenvalue weighted by Crippen LogP contribution is -2.57. The molecule has 1 aliphatic carbocycles. The molecule has 14 heteroatoms. The van der Waals surface area contributed by atoms with Gasteiger partial charge < -0.3 is 20.4 Å². The summed E-state index contributed by atoms with van der Waals surface area (Å²) in [5.74, 6) is 0.0303. The fourth-order valence-corrected chi connectivity index (χ4v) is 7.32. The number of aromatic nitrogens is 4. The number of urea groups is 1. The minimum atomic E-state index is -3.92. The number of amides is 2. The highest BCUT2D eigenvalue weighted by molar-refractivity contribution is 7.89. The van der Waals surface area contributed by atoms with Crippen molar-refractivity contribution in [2.75, 3.05) is 43.4 Å². The fourth-order valence-electron chi connectivity index (χ4n) is 5.81. The second kappa shape index (κ2) is 10.0. The van der Waals surface area contributed by atoms with E-state index in [0.717, 1.165) is 44.3 Å². The molecule has 0 radical (unpaired) electrons. The van der Waals surface area contributed by atoms with Crippen LogP contribution in [0.5, 0.6) is 0 Å². The maximum atomic E-state index is 13.8. The molecule has 4 heterocycles. The van der Waals surface area contributed by atoms with Crippen LogP contribution in [0.4, 0.5) is 16.4 Å². The highest BCUT2D eigenvalue weighted by Crippen LogP contribution is 2.37. The van der Waals surface area contributed by atoms with Crippen LogP contribution in [0.25, 0.3) is 10.9 Å². The van der Waals surface area contributed by atoms with Crippen LogP contribution in [0, 0.1) is 0 Å². The minimum Gasteiger partial charge on any atom is -0.369 e. The molecule has 3 aromatic rings. The lowest BCUT2D eigenvalue weighted by Gasteiger charge is -2.42. The number of nitrogens with two attached hydrogens (primary N) is 1. The molecule has 2 amide bonds. The first-order valence-corrected chi connectivity index (χ1v) is 15.6. The first kappa shape index (κ1) is 27.5. The van der Waals surface area contributed by atoms with Crippen LogP contribution in [0.3, 0.4) is 0 Å². The van der Waals surface area contributed by atoms with Crippen LogP contribution in [0.1, 0.15) is 45.1 Å². The van der Waals surface area contributed by atoms with E-state index in [1.165, 1.54) is 10.6 Å². The molecule has 6 rings (SSSR count). The van der Waals surface area contributed by atoms with Gasteiger partial charge >= 0.3 is 6.03 Å². The number of fused-ring (bicyclic) bond motifs is 1. The van der Waals surface area contributed by atoms with Crippen LogP contribution in [0.2, 0.25) is 0 Å². The highest BCUT2D eigenvalue weighted by atomic mass is 32.2. The van der Waals surface area contributed by atoms with Gasteiger partial charge in [0.05, 0.1) is 28.7 Å². The Bertz CT molecular complexity index is 1670. The predicted molar refractivity (Wildman–Crippen MR) is 155 cm³/mol. The van der Waals surface area contributed by atoms with Gasteiger partial charge in [-0.3, -0.25) is 14.0 Å². The van der Waals surface area contributed by atoms with E-state index in [9.17, 15) is 18.0 Å². The average Bonchev–Trinajstić information content (AvgIpc) is 3.28. The third kappa shape index (κ3) is 5.25. The van der Waals surface area contributed by atoms with Gasteiger partial charge in [0.15, 0.2) is 0 Å². The number of benzene rings is 1. The summed E-state index contributed by atoms with van der Waals surface area (Å²) in [6.45, 7) is 6.96. The number of piperazine rings is 1. The largest absolute Gasteiger partial charge is 0.369 e. The molecule has 3 aliphatic rings. The van der Waals surface area contributed by atoms with Crippen molar-refractivity contribution in [2.24, 2.45) is 7.05 Å². The number of nitrogens with zero attached hydrogens (tertiary/aromatic N) is 7. The van der Waals surface area contributed by atoms with E-state index >= 15 is 0 Å². The summed E-state index contributed by atoms with van der Waals surface area (Å²) in [6, 6.07) is 2.90. The fraction of sp³-hybridized carbons (Fsp3) is 0.556. The summed E-state index contributed by atoms with van der Waals surface area (Å²) in [6.07, 6.45) is 6.98. The van der Waals surface area contributed by atoms with E-state index < -0.39 is 21.1 Å². The quantitative estimate of drug-likeness (QED) is 0.441. The van der Waals surface area contributed by atoms with Gasteiger partial charge in [0.1, 0.15) is 5.52 Å². The number of likely N-dealkylation sites (tertiary alicyclic amines) is 1. The van der Waals surface area contributed by atoms with Crippen molar-refractivity contribution in [1.29, 1.82) is 0 Å². The second-order valence-electron chi connectivity index (χ2n) is 11.9. The summed E-state index contributed by atoms with van der Waals surface area (Å²) in [7, 11) is -2.14. The number of nitrogens with one attached hydrogen (secondary N) is 1. The Balaban J connectivity index is 1.41. The van der Waals surface area contributed by atoms with Crippen LogP contribution >= 0.6 is 0 Å². The van der Waals surface area contributed by atoms with Crippen molar-refractivity contribution in [3.8, 4) is 0 Å². The number of sulfonamides is 1. The molecule has 1 atom stereocenters. The van der Waals surface area contributed by atoms with Gasteiger partial charge in [0, 0.05) is 63.1 Å². The number of rotatable bonds is 6. The summed E-state index contributed by atoms with van der Waals surface area (Å²) < 4.78 is 32.8. The van der Waals surface area contributed by atoms with Gasteiger partial charge in [-0.1, -0.05) is 0 Å². The van der Waals surface area contributed by atoms with Crippen molar-refractivity contribution < 1.29 is 13.2 Å². The van der Waals surface area contributed by atoms with E-state index in [-0.39, 0.29) is 34.8 Å². The monoisotopic (exact) mass is 583 g/mol. The third-order valence-electron chi connectivity index (χ3n) is 8.42. The lowest BCUT2D eigenvalue weighted by molar-refractivity contribution is 0.139. The summed E-state index contributed by atoms with van der Waals surface area (Å²) in [4.78, 5) is 37.4. The van der Waals surface area contributed by atoms with Gasteiger partial charge in [-0.05, 0) is 51.7 Å². The van der Waals surface area contributed by atoms with Gasteiger partial charge in [-0.2, -0.15) is 5.10 Å². The Morgan fingerprint density at radius 3 is 2.54 bits per heavy atom. The number of hydrogen-bond donors (Lipinski definition) is 2. The molecule has 2 aliphatic heterocycles. The molecule has 0 unspecified atom stereocenters. The van der Waals surface area contributed by atoms with E-state index in [1.807, 2.05) is 28.5 Å². The van der Waals surface area contributed by atoms with Gasteiger partial charge in [0.25, 0.3) is 5.56 Å². The maximum Gasteiger partial charge on any atom is 0.320 e. The first-order valence-electron chi connectivity index (χ1n) is 14.1. The molecular weight excluding hydrogens is 546 g/mol. The zero-order valence-corrected chi connectivity index (χ0v) is 24.5.